The normalized spacial score (nSPS) is 18.8. The van der Waals surface area contributed by atoms with E-state index in [1.807, 2.05) is 19.1 Å². The molecular formula is C52H47F6N9O6. The maximum absolute atomic E-state index is 14.5. The Bertz CT molecular complexity index is 2810. The van der Waals surface area contributed by atoms with Crippen LogP contribution >= 0.6 is 0 Å². The minimum Gasteiger partial charge on any atom is -0.544 e. The molecule has 0 aliphatic carbocycles. The molecule has 0 spiro atoms. The summed E-state index contributed by atoms with van der Waals surface area (Å²) in [5, 5.41) is 36.8. The maximum Gasteiger partial charge on any atom is 0.416 e. The first kappa shape index (κ1) is 51.2. The van der Waals surface area contributed by atoms with Crippen molar-refractivity contribution < 1.29 is 59.9 Å². The fraction of sp³-hybridized carbons (Fsp3) is 0.327. The number of nitriles is 2. The molecule has 2 atom stereocenters. The highest BCUT2D eigenvalue weighted by atomic mass is 19.4. The summed E-state index contributed by atoms with van der Waals surface area (Å²) < 4.78 is 83.3. The standard InChI is InChI=1S/C52H47F6N9O6/c1-2-3-22-67(31-42(68)69,23-6-20-63-29-40-43(47(63)70)45(34-16-12-32(27-59)13-17-34)61-49(72)65(40)38-10-4-8-36(25-38)51(53,54)55)24-7-21-64-30-41-44(48(64)71)46(35-18-14-33(28-60)15-19-35)62-50(73)66(41)39-11-5-9-37(26-39)52(56,57)58/h4-5,8-19,25-26,45-46H,2-3,6-7,20-24,29-31H2,1H3,(H2-,61,62,68,69,72,73). The van der Waals surface area contributed by atoms with Gasteiger partial charge in [0.2, 0.25) is 0 Å². The van der Waals surface area contributed by atoms with E-state index in [2.05, 4.69) is 10.6 Å². The van der Waals surface area contributed by atoms with E-state index in [4.69, 9.17) is 0 Å². The topological polar surface area (TPSA) is 193 Å². The van der Waals surface area contributed by atoms with Crippen LogP contribution in [0.1, 0.15) is 78.1 Å². The number of rotatable bonds is 17. The lowest BCUT2D eigenvalue weighted by Crippen LogP contribution is -2.56. The van der Waals surface area contributed by atoms with Crippen LogP contribution in [0.3, 0.4) is 0 Å². The number of halogens is 6. The van der Waals surface area contributed by atoms with E-state index in [1.165, 1.54) is 46.2 Å². The lowest BCUT2D eigenvalue weighted by Gasteiger charge is -2.40. The Hall–Kier alpha value is -8.17. The number of carbonyl (C=O) groups excluding carboxylic acids is 5. The van der Waals surface area contributed by atoms with Crippen molar-refractivity contribution in [3.63, 3.8) is 0 Å². The molecule has 2 N–H and O–H groups in total. The van der Waals surface area contributed by atoms with Gasteiger partial charge in [0.25, 0.3) is 11.8 Å². The predicted molar refractivity (Wildman–Crippen MR) is 249 cm³/mol. The van der Waals surface area contributed by atoms with Crippen LogP contribution in [0.2, 0.25) is 0 Å². The highest BCUT2D eigenvalue weighted by Crippen LogP contribution is 2.42. The zero-order valence-corrected chi connectivity index (χ0v) is 39.2. The van der Waals surface area contributed by atoms with Crippen molar-refractivity contribution in [1.82, 2.24) is 20.4 Å². The number of quaternary nitrogens is 1. The highest BCUT2D eigenvalue weighted by molar-refractivity contribution is 6.08. The third kappa shape index (κ3) is 10.6. The minimum atomic E-state index is -4.73. The third-order valence-corrected chi connectivity index (χ3v) is 13.6. The minimum absolute atomic E-state index is 0.0327. The number of urea groups is 2. The van der Waals surface area contributed by atoms with Gasteiger partial charge in [-0.15, -0.1) is 0 Å². The van der Waals surface area contributed by atoms with Gasteiger partial charge < -0.3 is 34.8 Å². The smallest absolute Gasteiger partial charge is 0.416 e. The van der Waals surface area contributed by atoms with Crippen molar-refractivity contribution in [3.05, 3.63) is 153 Å². The Morgan fingerprint density at radius 2 is 1.04 bits per heavy atom. The summed E-state index contributed by atoms with van der Waals surface area (Å²) >= 11 is 0. The molecular weight excluding hydrogens is 961 g/mol. The molecule has 4 aromatic carbocycles. The van der Waals surface area contributed by atoms with Crippen LogP contribution < -0.4 is 25.5 Å². The Kier molecular flexibility index (Phi) is 14.4. The molecule has 0 saturated carbocycles. The number of unbranched alkanes of at least 4 members (excludes halogenated alkanes) is 1. The van der Waals surface area contributed by atoms with E-state index in [1.54, 1.807) is 24.3 Å². The fourth-order valence-electron chi connectivity index (χ4n) is 10.1. The van der Waals surface area contributed by atoms with Gasteiger partial charge in [0.1, 0.15) is 6.54 Å². The van der Waals surface area contributed by atoms with Crippen LogP contribution in [0.4, 0.5) is 47.3 Å². The first-order valence-electron chi connectivity index (χ1n) is 23.4. The van der Waals surface area contributed by atoms with Gasteiger partial charge in [0.05, 0.1) is 119 Å². The zero-order valence-electron chi connectivity index (χ0n) is 39.2. The van der Waals surface area contributed by atoms with E-state index in [9.17, 15) is 65.9 Å². The number of carboxylic acids is 1. The van der Waals surface area contributed by atoms with Crippen LogP contribution in [0, 0.1) is 22.7 Å². The quantitative estimate of drug-likeness (QED) is 0.0830. The molecule has 15 nitrogen and oxygen atoms in total. The fourth-order valence-corrected chi connectivity index (χ4v) is 10.1. The summed E-state index contributed by atoms with van der Waals surface area (Å²) in [6, 6.07) is 21.0. The number of alkyl halides is 6. The second-order valence-electron chi connectivity index (χ2n) is 18.3. The SMILES string of the molecule is CCCC[N+](CCCN1CC2=C(C1=O)C(c1ccc(C#N)cc1)NC(=O)N2c1cccc(C(F)(F)F)c1)(CCCN1CC2=C(C1=O)C(c1ccc(C#N)cc1)NC(=O)N2c1cccc(C(F)(F)F)c1)CC(=O)[O-]. The van der Waals surface area contributed by atoms with Crippen LogP contribution in [0.15, 0.2) is 120 Å². The molecule has 4 aromatic rings. The van der Waals surface area contributed by atoms with Gasteiger partial charge in [0.15, 0.2) is 0 Å². The number of nitrogens with zero attached hydrogens (tertiary/aromatic N) is 7. The summed E-state index contributed by atoms with van der Waals surface area (Å²) in [6.45, 7) is 1.98. The number of hydrogen-bond acceptors (Lipinski definition) is 8. The van der Waals surface area contributed by atoms with E-state index < -0.39 is 72.0 Å². The zero-order chi connectivity index (χ0) is 52.4. The first-order valence-corrected chi connectivity index (χ1v) is 23.4. The largest absolute Gasteiger partial charge is 0.544 e. The molecule has 2 unspecified atom stereocenters. The molecule has 6 amide bonds. The first-order chi connectivity index (χ1) is 34.7. The van der Waals surface area contributed by atoms with Crippen LogP contribution in [0.5, 0.6) is 0 Å². The number of nitrogens with one attached hydrogen (secondary N) is 2. The molecule has 0 bridgehead atoms. The van der Waals surface area contributed by atoms with E-state index in [0.717, 1.165) is 46.2 Å². The van der Waals surface area contributed by atoms with Crippen molar-refractivity contribution in [2.75, 3.05) is 62.2 Å². The van der Waals surface area contributed by atoms with Gasteiger partial charge in [0, 0.05) is 25.9 Å². The number of carboxylic acid groups (broad SMARTS) is 1. The summed E-state index contributed by atoms with van der Waals surface area (Å²) in [4.78, 5) is 74.2. The van der Waals surface area contributed by atoms with Gasteiger partial charge in [-0.1, -0.05) is 49.7 Å². The number of carbonyl (C=O) groups is 5. The van der Waals surface area contributed by atoms with E-state index >= 15 is 0 Å². The Balaban J connectivity index is 1.02. The summed E-state index contributed by atoms with van der Waals surface area (Å²) in [5.74, 6) is -2.37. The number of hydrogen-bond donors (Lipinski definition) is 2. The van der Waals surface area contributed by atoms with Crippen molar-refractivity contribution in [2.45, 2.75) is 57.0 Å². The molecule has 4 heterocycles. The molecule has 73 heavy (non-hydrogen) atoms. The second kappa shape index (κ2) is 20.5. The van der Waals surface area contributed by atoms with Gasteiger partial charge >= 0.3 is 24.4 Å². The highest BCUT2D eigenvalue weighted by Gasteiger charge is 2.47. The molecule has 0 fully saturated rings. The summed E-state index contributed by atoms with van der Waals surface area (Å²) in [6.07, 6.45) is -7.76. The number of benzene rings is 4. The number of anilines is 2. The van der Waals surface area contributed by atoms with Crippen LogP contribution in [-0.4, -0.2) is 96.5 Å². The van der Waals surface area contributed by atoms with Gasteiger partial charge in [-0.3, -0.25) is 19.4 Å². The average Bonchev–Trinajstić information content (AvgIpc) is 3.86. The predicted octanol–water partition coefficient (Wildman–Crippen LogP) is 7.05. The molecule has 0 aromatic heterocycles. The second-order valence-corrected chi connectivity index (χ2v) is 18.3. The molecule has 4 aliphatic heterocycles. The molecule has 8 rings (SSSR count). The molecule has 4 aliphatic rings. The van der Waals surface area contributed by atoms with Gasteiger partial charge in [-0.05, 0) is 78.2 Å². The molecule has 21 heteroatoms. The summed E-state index contributed by atoms with van der Waals surface area (Å²) in [7, 11) is 0. The Labute approximate surface area is 415 Å². The Morgan fingerprint density at radius 3 is 1.40 bits per heavy atom. The monoisotopic (exact) mass is 1010 g/mol. The average molecular weight is 1010 g/mol. The van der Waals surface area contributed by atoms with Crippen molar-refractivity contribution >= 4 is 41.2 Å². The molecule has 378 valence electrons. The van der Waals surface area contributed by atoms with E-state index in [0.29, 0.717) is 41.6 Å². The van der Waals surface area contributed by atoms with Gasteiger partial charge in [-0.2, -0.15) is 36.9 Å². The molecule has 0 radical (unpaired) electrons. The maximum atomic E-state index is 14.5. The number of aliphatic carboxylic acids is 1. The third-order valence-electron chi connectivity index (χ3n) is 13.6. The van der Waals surface area contributed by atoms with Crippen LogP contribution in [-0.2, 0) is 26.7 Å². The Morgan fingerprint density at radius 1 is 0.644 bits per heavy atom. The number of amides is 6. The lowest BCUT2D eigenvalue weighted by molar-refractivity contribution is -0.923. The van der Waals surface area contributed by atoms with Crippen molar-refractivity contribution in [3.8, 4) is 12.1 Å². The van der Waals surface area contributed by atoms with Crippen LogP contribution in [0.25, 0.3) is 0 Å². The van der Waals surface area contributed by atoms with Crippen molar-refractivity contribution in [2.24, 2.45) is 0 Å². The molecule has 0 saturated heterocycles. The summed E-state index contributed by atoms with van der Waals surface area (Å²) in [5.41, 5.74) is -0.204. The van der Waals surface area contributed by atoms with E-state index in [-0.39, 0.29) is 90.5 Å². The van der Waals surface area contributed by atoms with Gasteiger partial charge in [-0.25, -0.2) is 9.59 Å². The lowest BCUT2D eigenvalue weighted by atomic mass is 9.94. The van der Waals surface area contributed by atoms with Crippen molar-refractivity contribution in [1.29, 1.82) is 10.5 Å².